The van der Waals surface area contributed by atoms with Gasteiger partial charge in [0.05, 0.1) is 5.69 Å². The van der Waals surface area contributed by atoms with Crippen LogP contribution in [0.25, 0.3) is 0 Å². The number of hydrogen-bond donors (Lipinski definition) is 1. The fourth-order valence-electron chi connectivity index (χ4n) is 1.41. The van der Waals surface area contributed by atoms with Crippen LogP contribution in [0.2, 0.25) is 0 Å². The van der Waals surface area contributed by atoms with E-state index in [0.29, 0.717) is 5.69 Å². The number of imide groups is 1. The van der Waals surface area contributed by atoms with E-state index in [1.54, 1.807) is 32.9 Å². The normalized spacial score (nSPS) is 10.8. The van der Waals surface area contributed by atoms with Gasteiger partial charge in [0, 0.05) is 13.5 Å². The molecule has 120 valence electrons. The topological polar surface area (TPSA) is 112 Å². The molecule has 0 atom stereocenters. The minimum atomic E-state index is -1.10. The third-order valence-corrected chi connectivity index (χ3v) is 2.20. The van der Waals surface area contributed by atoms with Crippen molar-refractivity contribution >= 4 is 18.0 Å². The number of amides is 2. The van der Waals surface area contributed by atoms with E-state index in [9.17, 15) is 14.4 Å². The van der Waals surface area contributed by atoms with E-state index in [2.05, 4.69) is 9.82 Å². The van der Waals surface area contributed by atoms with Crippen LogP contribution in [0.5, 0.6) is 0 Å². The van der Waals surface area contributed by atoms with E-state index < -0.39 is 23.6 Å². The number of carbonyl (C=O) groups excluding carboxylic acids is 3. The Hall–Kier alpha value is -2.48. The van der Waals surface area contributed by atoms with Crippen LogP contribution >= 0.6 is 0 Å². The second-order valence-corrected chi connectivity index (χ2v) is 5.38. The van der Waals surface area contributed by atoms with Crippen LogP contribution in [0.4, 0.5) is 4.79 Å². The van der Waals surface area contributed by atoms with E-state index in [0.717, 1.165) is 6.92 Å². The first-order chi connectivity index (χ1) is 10.1. The summed E-state index contributed by atoms with van der Waals surface area (Å²) in [6.45, 7) is 6.05. The quantitative estimate of drug-likeness (QED) is 0.821. The van der Waals surface area contributed by atoms with E-state index in [-0.39, 0.29) is 17.3 Å². The highest BCUT2D eigenvalue weighted by Gasteiger charge is 2.32. The van der Waals surface area contributed by atoms with Crippen molar-refractivity contribution in [3.63, 3.8) is 0 Å². The van der Waals surface area contributed by atoms with Gasteiger partial charge in [0.1, 0.15) is 11.3 Å². The molecule has 1 aromatic rings. The number of carbonyl (C=O) groups is 3. The van der Waals surface area contributed by atoms with Gasteiger partial charge in [-0.25, -0.2) is 14.6 Å². The molecule has 8 nitrogen and oxygen atoms in total. The molecule has 2 N–H and O–H groups in total. The smallest absolute Gasteiger partial charge is 0.441 e. The molecule has 0 unspecified atom stereocenters. The van der Waals surface area contributed by atoms with Gasteiger partial charge in [-0.1, -0.05) is 11.1 Å². The van der Waals surface area contributed by atoms with E-state index >= 15 is 0 Å². The monoisotopic (exact) mass is 309 g/mol. The van der Waals surface area contributed by atoms with Gasteiger partial charge in [0.15, 0.2) is 0 Å². The summed E-state index contributed by atoms with van der Waals surface area (Å²) in [6.07, 6.45) is -1.10. The molecule has 0 aliphatic carbocycles. The fraction of sp³-hybridized carbons (Fsp3) is 0.429. The summed E-state index contributed by atoms with van der Waals surface area (Å²) in [7, 11) is 0. The zero-order valence-corrected chi connectivity index (χ0v) is 13.0. The number of hydroxylamine groups is 2. The van der Waals surface area contributed by atoms with Gasteiger partial charge >= 0.3 is 18.0 Å². The predicted octanol–water partition coefficient (Wildman–Crippen LogP) is 1.40. The molecule has 0 aliphatic heterocycles. The van der Waals surface area contributed by atoms with Crippen molar-refractivity contribution in [2.24, 2.45) is 5.73 Å². The lowest BCUT2D eigenvalue weighted by molar-refractivity contribution is -0.171. The highest BCUT2D eigenvalue weighted by molar-refractivity contribution is 6.01. The Morgan fingerprint density at radius 3 is 2.41 bits per heavy atom. The third-order valence-electron chi connectivity index (χ3n) is 2.20. The maximum Gasteiger partial charge on any atom is 0.451 e. The summed E-state index contributed by atoms with van der Waals surface area (Å²) in [5.41, 5.74) is 4.96. The second kappa shape index (κ2) is 6.99. The van der Waals surface area contributed by atoms with Gasteiger partial charge < -0.3 is 15.3 Å². The molecular formula is C14H19N3O5. The molecule has 1 aromatic heterocycles. The first kappa shape index (κ1) is 17.6. The van der Waals surface area contributed by atoms with Crippen molar-refractivity contribution in [2.75, 3.05) is 0 Å². The molecule has 0 fully saturated rings. The average molecular weight is 309 g/mol. The average Bonchev–Trinajstić information content (AvgIpc) is 2.42. The molecule has 0 radical (unpaired) electrons. The SMILES string of the molecule is CC(=O)ON(C(=O)OC(C)(C)C)C(=O)c1cccc(CN)n1. The van der Waals surface area contributed by atoms with E-state index in [1.807, 2.05) is 0 Å². The second-order valence-electron chi connectivity index (χ2n) is 5.38. The van der Waals surface area contributed by atoms with E-state index in [4.69, 9.17) is 10.5 Å². The van der Waals surface area contributed by atoms with Crippen LogP contribution in [0.1, 0.15) is 43.9 Å². The largest absolute Gasteiger partial charge is 0.451 e. The molecule has 0 bridgehead atoms. The molecule has 1 heterocycles. The van der Waals surface area contributed by atoms with Gasteiger partial charge in [-0.15, -0.1) is 0 Å². The summed E-state index contributed by atoms with van der Waals surface area (Å²) >= 11 is 0. The fourth-order valence-corrected chi connectivity index (χ4v) is 1.41. The molecule has 0 saturated carbocycles. The van der Waals surface area contributed by atoms with Crippen LogP contribution in [-0.4, -0.2) is 33.6 Å². The van der Waals surface area contributed by atoms with Crippen molar-refractivity contribution in [1.29, 1.82) is 0 Å². The summed E-state index contributed by atoms with van der Waals surface area (Å²) in [5.74, 6) is -1.76. The van der Waals surface area contributed by atoms with Crippen LogP contribution in [0.15, 0.2) is 18.2 Å². The number of rotatable bonds is 2. The van der Waals surface area contributed by atoms with Crippen molar-refractivity contribution < 1.29 is 24.0 Å². The highest BCUT2D eigenvalue weighted by atomic mass is 16.8. The third kappa shape index (κ3) is 5.13. The maximum atomic E-state index is 12.3. The Bertz CT molecular complexity index is 580. The number of nitrogens with zero attached hydrogens (tertiary/aromatic N) is 2. The predicted molar refractivity (Wildman–Crippen MR) is 76.3 cm³/mol. The van der Waals surface area contributed by atoms with Gasteiger partial charge in [0.25, 0.3) is 0 Å². The van der Waals surface area contributed by atoms with Gasteiger partial charge in [0.2, 0.25) is 0 Å². The summed E-state index contributed by atoms with van der Waals surface area (Å²) in [5, 5.41) is 0.246. The Morgan fingerprint density at radius 2 is 1.91 bits per heavy atom. The summed E-state index contributed by atoms with van der Waals surface area (Å²) < 4.78 is 5.04. The lowest BCUT2D eigenvalue weighted by atomic mass is 10.2. The number of nitrogens with two attached hydrogens (primary N) is 1. The van der Waals surface area contributed by atoms with Gasteiger partial charge in [-0.2, -0.15) is 0 Å². The van der Waals surface area contributed by atoms with Gasteiger partial charge in [-0.3, -0.25) is 4.79 Å². The van der Waals surface area contributed by atoms with Crippen LogP contribution in [-0.2, 0) is 20.9 Å². The van der Waals surface area contributed by atoms with Gasteiger partial charge in [-0.05, 0) is 32.9 Å². The minimum Gasteiger partial charge on any atom is -0.441 e. The molecule has 22 heavy (non-hydrogen) atoms. The molecule has 0 aliphatic rings. The van der Waals surface area contributed by atoms with Crippen LogP contribution < -0.4 is 5.73 Å². The van der Waals surface area contributed by atoms with Crippen molar-refractivity contribution in [3.8, 4) is 0 Å². The zero-order chi connectivity index (χ0) is 16.9. The first-order valence-electron chi connectivity index (χ1n) is 6.56. The Labute approximate surface area is 128 Å². The number of pyridine rings is 1. The lowest BCUT2D eigenvalue weighted by Crippen LogP contribution is -2.42. The highest BCUT2D eigenvalue weighted by Crippen LogP contribution is 2.13. The number of aromatic nitrogens is 1. The molecule has 0 aromatic carbocycles. The number of hydrogen-bond acceptors (Lipinski definition) is 7. The summed E-state index contributed by atoms with van der Waals surface area (Å²) in [4.78, 5) is 44.1. The molecule has 1 rings (SSSR count). The lowest BCUT2D eigenvalue weighted by Gasteiger charge is -2.24. The molecule has 0 saturated heterocycles. The Balaban J connectivity index is 3.07. The minimum absolute atomic E-state index is 0.0879. The molecular weight excluding hydrogens is 290 g/mol. The van der Waals surface area contributed by atoms with Crippen LogP contribution in [0.3, 0.4) is 0 Å². The zero-order valence-electron chi connectivity index (χ0n) is 13.0. The number of ether oxygens (including phenoxy) is 1. The van der Waals surface area contributed by atoms with Crippen molar-refractivity contribution in [3.05, 3.63) is 29.6 Å². The van der Waals surface area contributed by atoms with Crippen LogP contribution in [0, 0.1) is 0 Å². The van der Waals surface area contributed by atoms with Crippen molar-refractivity contribution in [2.45, 2.75) is 39.8 Å². The standard InChI is InChI=1S/C14H19N3O5/c1-9(18)22-17(13(20)21-14(2,3)4)12(19)11-7-5-6-10(8-15)16-11/h5-7H,8,15H2,1-4H3. The Morgan fingerprint density at radius 1 is 1.27 bits per heavy atom. The summed E-state index contributed by atoms with van der Waals surface area (Å²) in [6, 6.07) is 4.56. The van der Waals surface area contributed by atoms with E-state index in [1.165, 1.54) is 6.07 Å². The molecule has 0 spiro atoms. The maximum absolute atomic E-state index is 12.3. The molecule has 8 heteroatoms. The molecule has 2 amide bonds. The first-order valence-corrected chi connectivity index (χ1v) is 6.56. The van der Waals surface area contributed by atoms with Crippen molar-refractivity contribution in [1.82, 2.24) is 10.0 Å². The Kier molecular flexibility index (Phi) is 5.58.